The lowest BCUT2D eigenvalue weighted by atomic mass is 9.99. The van der Waals surface area contributed by atoms with E-state index < -0.39 is 16.5 Å². The maximum absolute atomic E-state index is 12.5. The number of carbonyl (C=O) groups excluding carboxylic acids is 1. The number of benzene rings is 1. The highest BCUT2D eigenvalue weighted by Crippen LogP contribution is 2.19. The topological polar surface area (TPSA) is 91.4 Å². The third-order valence-corrected chi connectivity index (χ3v) is 3.86. The van der Waals surface area contributed by atoms with Crippen LogP contribution in [0.1, 0.15) is 32.6 Å². The van der Waals surface area contributed by atoms with Gasteiger partial charge in [0.1, 0.15) is 5.56 Å². The lowest BCUT2D eigenvalue weighted by molar-refractivity contribution is -0.385. The van der Waals surface area contributed by atoms with Crippen LogP contribution in [0.5, 0.6) is 0 Å². The molecule has 2 rings (SSSR count). The van der Waals surface area contributed by atoms with Crippen LogP contribution in [-0.4, -0.2) is 22.6 Å². The van der Waals surface area contributed by atoms with Gasteiger partial charge in [0.25, 0.3) is 11.2 Å². The number of methoxy groups -OCH3 is 1. The summed E-state index contributed by atoms with van der Waals surface area (Å²) in [5, 5.41) is 11.1. The van der Waals surface area contributed by atoms with E-state index in [9.17, 15) is 19.7 Å². The Morgan fingerprint density at radius 2 is 1.79 bits per heavy atom. The lowest BCUT2D eigenvalue weighted by Gasteiger charge is -2.13. The first-order valence-corrected chi connectivity index (χ1v) is 7.28. The summed E-state index contributed by atoms with van der Waals surface area (Å²) in [4.78, 5) is 34.7. The number of ether oxygens (including phenoxy) is 1. The maximum atomic E-state index is 12.5. The molecule has 0 amide bonds. The smallest absolute Gasteiger partial charge is 0.343 e. The minimum Gasteiger partial charge on any atom is -0.465 e. The summed E-state index contributed by atoms with van der Waals surface area (Å²) in [6.45, 7) is 5.94. The standard InChI is InChI=1S/C17H18N2O5/c1-10-5-11(2)15(12(3)6-10)9-18-8-13(19(22)23)7-14(16(18)20)17(21)24-4/h5-8H,9H2,1-4H3. The van der Waals surface area contributed by atoms with Crippen molar-refractivity contribution in [3.63, 3.8) is 0 Å². The van der Waals surface area contributed by atoms with Gasteiger partial charge < -0.3 is 9.30 Å². The predicted octanol–water partition coefficient (Wildman–Crippen LogP) is 2.52. The van der Waals surface area contributed by atoms with Crippen molar-refractivity contribution >= 4 is 11.7 Å². The SMILES string of the molecule is COC(=O)c1cc([N+](=O)[O-])cn(Cc2c(C)cc(C)cc2C)c1=O. The number of rotatable bonds is 4. The number of aromatic nitrogens is 1. The summed E-state index contributed by atoms with van der Waals surface area (Å²) < 4.78 is 5.72. The molecule has 24 heavy (non-hydrogen) atoms. The van der Waals surface area contributed by atoms with Crippen LogP contribution in [0.3, 0.4) is 0 Å². The van der Waals surface area contributed by atoms with Crippen molar-refractivity contribution < 1.29 is 14.5 Å². The first-order valence-electron chi connectivity index (χ1n) is 7.28. The zero-order valence-electron chi connectivity index (χ0n) is 14.0. The second kappa shape index (κ2) is 6.66. The van der Waals surface area contributed by atoms with Crippen LogP contribution in [-0.2, 0) is 11.3 Å². The van der Waals surface area contributed by atoms with Gasteiger partial charge >= 0.3 is 5.97 Å². The summed E-state index contributed by atoms with van der Waals surface area (Å²) in [5.41, 5.74) is 2.63. The van der Waals surface area contributed by atoms with Crippen LogP contribution >= 0.6 is 0 Å². The van der Waals surface area contributed by atoms with Gasteiger partial charge in [0.2, 0.25) is 0 Å². The molecule has 0 aliphatic carbocycles. The lowest BCUT2D eigenvalue weighted by Crippen LogP contribution is -2.28. The Hall–Kier alpha value is -2.96. The Morgan fingerprint density at radius 1 is 1.21 bits per heavy atom. The third kappa shape index (κ3) is 3.34. The fourth-order valence-corrected chi connectivity index (χ4v) is 2.72. The molecule has 0 N–H and O–H groups in total. The molecule has 0 spiro atoms. The maximum Gasteiger partial charge on any atom is 0.343 e. The molecule has 0 saturated heterocycles. The molecule has 0 radical (unpaired) electrons. The minimum absolute atomic E-state index is 0.141. The van der Waals surface area contributed by atoms with E-state index in [2.05, 4.69) is 4.74 Å². The zero-order chi connectivity index (χ0) is 18.0. The second-order valence-corrected chi connectivity index (χ2v) is 5.67. The van der Waals surface area contributed by atoms with E-state index in [0.29, 0.717) is 0 Å². The quantitative estimate of drug-likeness (QED) is 0.488. The molecular formula is C17H18N2O5. The van der Waals surface area contributed by atoms with Crippen LogP contribution in [0.4, 0.5) is 5.69 Å². The highest BCUT2D eigenvalue weighted by atomic mass is 16.6. The molecule has 7 heteroatoms. The van der Waals surface area contributed by atoms with Gasteiger partial charge in [-0.2, -0.15) is 0 Å². The summed E-state index contributed by atoms with van der Waals surface area (Å²) in [5.74, 6) is -0.894. The van der Waals surface area contributed by atoms with E-state index in [0.717, 1.165) is 41.6 Å². The number of hydrogen-bond donors (Lipinski definition) is 0. The van der Waals surface area contributed by atoms with Gasteiger partial charge in [-0.1, -0.05) is 17.7 Å². The van der Waals surface area contributed by atoms with Gasteiger partial charge in [-0.25, -0.2) is 4.79 Å². The average Bonchev–Trinajstić information content (AvgIpc) is 2.51. The number of carbonyl (C=O) groups is 1. The fourth-order valence-electron chi connectivity index (χ4n) is 2.72. The Labute approximate surface area is 138 Å². The van der Waals surface area contributed by atoms with Crippen molar-refractivity contribution in [2.24, 2.45) is 0 Å². The third-order valence-electron chi connectivity index (χ3n) is 3.86. The van der Waals surface area contributed by atoms with Crippen LogP contribution in [0, 0.1) is 30.9 Å². The number of hydrogen-bond acceptors (Lipinski definition) is 5. The normalized spacial score (nSPS) is 10.5. The monoisotopic (exact) mass is 330 g/mol. The summed E-state index contributed by atoms with van der Waals surface area (Å²) in [7, 11) is 1.12. The molecule has 126 valence electrons. The van der Waals surface area contributed by atoms with Gasteiger partial charge in [0, 0.05) is 6.07 Å². The zero-order valence-corrected chi connectivity index (χ0v) is 14.0. The first-order chi connectivity index (χ1) is 11.2. The summed E-state index contributed by atoms with van der Waals surface area (Å²) >= 11 is 0. The molecule has 0 bridgehead atoms. The number of aryl methyl sites for hydroxylation is 3. The highest BCUT2D eigenvalue weighted by molar-refractivity contribution is 5.89. The molecule has 0 atom stereocenters. The second-order valence-electron chi connectivity index (χ2n) is 5.67. The van der Waals surface area contributed by atoms with E-state index in [-0.39, 0.29) is 17.8 Å². The van der Waals surface area contributed by atoms with Crippen LogP contribution in [0.2, 0.25) is 0 Å². The minimum atomic E-state index is -0.894. The van der Waals surface area contributed by atoms with Crippen molar-refractivity contribution in [1.82, 2.24) is 4.57 Å². The van der Waals surface area contributed by atoms with Crippen molar-refractivity contribution in [2.45, 2.75) is 27.3 Å². The fraction of sp³-hybridized carbons (Fsp3) is 0.294. The molecule has 0 fully saturated rings. The van der Waals surface area contributed by atoms with Crippen LogP contribution in [0.25, 0.3) is 0 Å². The van der Waals surface area contributed by atoms with Gasteiger partial charge in [0.15, 0.2) is 0 Å². The van der Waals surface area contributed by atoms with Crippen molar-refractivity contribution in [3.05, 3.63) is 72.7 Å². The number of nitro groups is 1. The Bertz CT molecular complexity index is 860. The van der Waals surface area contributed by atoms with Gasteiger partial charge in [-0.15, -0.1) is 0 Å². The van der Waals surface area contributed by atoms with Crippen molar-refractivity contribution in [3.8, 4) is 0 Å². The van der Waals surface area contributed by atoms with Crippen molar-refractivity contribution in [2.75, 3.05) is 7.11 Å². The largest absolute Gasteiger partial charge is 0.465 e. The molecular weight excluding hydrogens is 312 g/mol. The van der Waals surface area contributed by atoms with Gasteiger partial charge in [0.05, 0.1) is 24.8 Å². The molecule has 7 nitrogen and oxygen atoms in total. The van der Waals surface area contributed by atoms with Crippen LogP contribution in [0.15, 0.2) is 29.2 Å². The molecule has 1 aromatic carbocycles. The van der Waals surface area contributed by atoms with E-state index in [1.54, 1.807) is 0 Å². The number of esters is 1. The molecule has 0 aliphatic heterocycles. The van der Waals surface area contributed by atoms with E-state index in [1.807, 2.05) is 32.9 Å². The van der Waals surface area contributed by atoms with E-state index in [4.69, 9.17) is 0 Å². The molecule has 1 aromatic heterocycles. The van der Waals surface area contributed by atoms with Gasteiger partial charge in [-0.3, -0.25) is 14.9 Å². The molecule has 0 saturated carbocycles. The number of pyridine rings is 1. The number of nitrogens with zero attached hydrogens (tertiary/aromatic N) is 2. The molecule has 2 aromatic rings. The Morgan fingerprint density at radius 3 is 2.29 bits per heavy atom. The van der Waals surface area contributed by atoms with Crippen LogP contribution < -0.4 is 5.56 Å². The molecule has 1 heterocycles. The average molecular weight is 330 g/mol. The molecule has 0 aliphatic rings. The molecule has 0 unspecified atom stereocenters. The van der Waals surface area contributed by atoms with Gasteiger partial charge in [-0.05, 0) is 37.5 Å². The predicted molar refractivity (Wildman–Crippen MR) is 88.5 cm³/mol. The first kappa shape index (κ1) is 17.4. The Kier molecular flexibility index (Phi) is 4.82. The summed E-state index contributed by atoms with van der Waals surface area (Å²) in [6, 6.07) is 4.90. The Balaban J connectivity index is 2.62. The van der Waals surface area contributed by atoms with E-state index in [1.165, 1.54) is 4.57 Å². The van der Waals surface area contributed by atoms with E-state index >= 15 is 0 Å². The summed E-state index contributed by atoms with van der Waals surface area (Å²) in [6.07, 6.45) is 1.15. The van der Waals surface area contributed by atoms with Crippen molar-refractivity contribution in [1.29, 1.82) is 0 Å². The highest BCUT2D eigenvalue weighted by Gasteiger charge is 2.20.